The van der Waals surface area contributed by atoms with Crippen LogP contribution in [0.5, 0.6) is 0 Å². The van der Waals surface area contributed by atoms with Crippen LogP contribution in [0.25, 0.3) is 0 Å². The van der Waals surface area contributed by atoms with Gasteiger partial charge in [0.25, 0.3) is 0 Å². The summed E-state index contributed by atoms with van der Waals surface area (Å²) in [5.41, 5.74) is 9.58. The van der Waals surface area contributed by atoms with Crippen molar-refractivity contribution in [1.82, 2.24) is 0 Å². The molecule has 0 spiro atoms. The second kappa shape index (κ2) is 9.80. The molecule has 0 aliphatic heterocycles. The van der Waals surface area contributed by atoms with Crippen LogP contribution in [0.4, 0.5) is 0 Å². The Balaban J connectivity index is 4.73. The zero-order valence-corrected chi connectivity index (χ0v) is 13.2. The molecule has 0 saturated carbocycles. The third-order valence-corrected chi connectivity index (χ3v) is 3.28. The number of rotatable bonds is 9. The van der Waals surface area contributed by atoms with Crippen molar-refractivity contribution < 1.29 is 0 Å². The highest BCUT2D eigenvalue weighted by Gasteiger charge is 2.07. The molecule has 1 unspecified atom stereocenters. The van der Waals surface area contributed by atoms with Crippen molar-refractivity contribution >= 4 is 0 Å². The molecule has 0 aliphatic carbocycles. The van der Waals surface area contributed by atoms with Gasteiger partial charge in [0.15, 0.2) is 0 Å². The fourth-order valence-electron chi connectivity index (χ4n) is 2.12. The van der Waals surface area contributed by atoms with E-state index >= 15 is 0 Å². The molecule has 0 aliphatic rings. The number of nitrogens with two attached hydrogens (primary N) is 1. The van der Waals surface area contributed by atoms with E-state index in [0.717, 1.165) is 12.8 Å². The summed E-state index contributed by atoms with van der Waals surface area (Å²) in [7, 11) is 0. The molecule has 0 heterocycles. The van der Waals surface area contributed by atoms with Crippen molar-refractivity contribution in [3.05, 3.63) is 48.1 Å². The van der Waals surface area contributed by atoms with Crippen LogP contribution >= 0.6 is 0 Å². The molecule has 1 atom stereocenters. The first kappa shape index (κ1) is 17.9. The maximum absolute atomic E-state index is 5.79. The van der Waals surface area contributed by atoms with Crippen LogP contribution in [-0.2, 0) is 0 Å². The van der Waals surface area contributed by atoms with E-state index in [-0.39, 0.29) is 0 Å². The lowest BCUT2D eigenvalue weighted by Crippen LogP contribution is -2.04. The Morgan fingerprint density at radius 2 is 1.79 bits per heavy atom. The molecular formula is C18H31N. The van der Waals surface area contributed by atoms with Crippen LogP contribution in [0.15, 0.2) is 48.1 Å². The lowest BCUT2D eigenvalue weighted by atomic mass is 9.91. The SMILES string of the molecule is C=C/C(=C\C=C(/CN)CCC(=C)C)C(C)CC(C)C. The Labute approximate surface area is 120 Å². The Hall–Kier alpha value is -1.08. The monoisotopic (exact) mass is 261 g/mol. The first-order chi connectivity index (χ1) is 8.90. The Bertz CT molecular complexity index is 345. The molecule has 0 aromatic rings. The molecule has 0 aromatic carbocycles. The van der Waals surface area contributed by atoms with Crippen LogP contribution in [0.3, 0.4) is 0 Å². The van der Waals surface area contributed by atoms with E-state index in [1.807, 2.05) is 6.08 Å². The van der Waals surface area contributed by atoms with E-state index in [1.165, 1.54) is 23.1 Å². The predicted molar refractivity (Wildman–Crippen MR) is 88.1 cm³/mol. The lowest BCUT2D eigenvalue weighted by molar-refractivity contribution is 0.492. The molecule has 2 N–H and O–H groups in total. The van der Waals surface area contributed by atoms with Crippen molar-refractivity contribution in [1.29, 1.82) is 0 Å². The van der Waals surface area contributed by atoms with E-state index in [0.29, 0.717) is 18.4 Å². The highest BCUT2D eigenvalue weighted by Crippen LogP contribution is 2.21. The molecule has 0 radical (unpaired) electrons. The van der Waals surface area contributed by atoms with Gasteiger partial charge in [-0.25, -0.2) is 0 Å². The quantitative estimate of drug-likeness (QED) is 0.457. The van der Waals surface area contributed by atoms with Crippen molar-refractivity contribution in [2.24, 2.45) is 17.6 Å². The van der Waals surface area contributed by atoms with Gasteiger partial charge in [0.05, 0.1) is 0 Å². The highest BCUT2D eigenvalue weighted by atomic mass is 14.5. The van der Waals surface area contributed by atoms with Gasteiger partial charge >= 0.3 is 0 Å². The Kier molecular flexibility index (Phi) is 9.24. The van der Waals surface area contributed by atoms with E-state index in [1.54, 1.807) is 0 Å². The minimum absolute atomic E-state index is 0.550. The Morgan fingerprint density at radius 3 is 2.21 bits per heavy atom. The van der Waals surface area contributed by atoms with Crippen molar-refractivity contribution in [3.8, 4) is 0 Å². The van der Waals surface area contributed by atoms with Gasteiger partial charge in [0.2, 0.25) is 0 Å². The summed E-state index contributed by atoms with van der Waals surface area (Å²) < 4.78 is 0. The Morgan fingerprint density at radius 1 is 1.16 bits per heavy atom. The normalized spacial score (nSPS) is 14.6. The van der Waals surface area contributed by atoms with E-state index < -0.39 is 0 Å². The molecule has 0 aromatic heterocycles. The molecule has 0 saturated heterocycles. The van der Waals surface area contributed by atoms with Gasteiger partial charge in [0.1, 0.15) is 0 Å². The van der Waals surface area contributed by atoms with Gasteiger partial charge in [0, 0.05) is 6.54 Å². The maximum atomic E-state index is 5.79. The summed E-state index contributed by atoms with van der Waals surface area (Å²) in [5, 5.41) is 0. The van der Waals surface area contributed by atoms with Crippen LogP contribution in [0, 0.1) is 11.8 Å². The van der Waals surface area contributed by atoms with Crippen LogP contribution in [-0.4, -0.2) is 6.54 Å². The summed E-state index contributed by atoms with van der Waals surface area (Å²) in [6.45, 7) is 17.3. The summed E-state index contributed by atoms with van der Waals surface area (Å²) in [6.07, 6.45) is 9.52. The third-order valence-electron chi connectivity index (χ3n) is 3.28. The molecular weight excluding hydrogens is 230 g/mol. The lowest BCUT2D eigenvalue weighted by Gasteiger charge is -2.15. The average Bonchev–Trinajstić information content (AvgIpc) is 2.32. The number of allylic oxidation sites excluding steroid dienone is 5. The first-order valence-electron chi connectivity index (χ1n) is 7.27. The smallest absolute Gasteiger partial charge is 0.0140 e. The van der Waals surface area contributed by atoms with Crippen molar-refractivity contribution in [3.63, 3.8) is 0 Å². The predicted octanol–water partition coefficient (Wildman–Crippen LogP) is 5.02. The van der Waals surface area contributed by atoms with Crippen molar-refractivity contribution in [2.75, 3.05) is 6.54 Å². The molecule has 1 heteroatoms. The van der Waals surface area contributed by atoms with Gasteiger partial charge in [-0.15, -0.1) is 6.58 Å². The minimum Gasteiger partial charge on any atom is -0.327 e. The van der Waals surface area contributed by atoms with Gasteiger partial charge < -0.3 is 5.73 Å². The summed E-state index contributed by atoms with van der Waals surface area (Å²) in [5.74, 6) is 1.26. The molecule has 19 heavy (non-hydrogen) atoms. The highest BCUT2D eigenvalue weighted by molar-refractivity contribution is 5.27. The second-order valence-corrected chi connectivity index (χ2v) is 5.89. The maximum Gasteiger partial charge on any atom is 0.0140 e. The molecule has 1 nitrogen and oxygen atoms in total. The largest absolute Gasteiger partial charge is 0.327 e. The third kappa shape index (κ3) is 8.61. The van der Waals surface area contributed by atoms with E-state index in [9.17, 15) is 0 Å². The molecule has 0 rings (SSSR count). The summed E-state index contributed by atoms with van der Waals surface area (Å²) in [6, 6.07) is 0. The molecule has 0 bridgehead atoms. The molecule has 108 valence electrons. The minimum atomic E-state index is 0.550. The summed E-state index contributed by atoms with van der Waals surface area (Å²) in [4.78, 5) is 0. The zero-order chi connectivity index (χ0) is 14.8. The molecule has 0 amide bonds. The fourth-order valence-corrected chi connectivity index (χ4v) is 2.12. The van der Waals surface area contributed by atoms with Gasteiger partial charge in [-0.2, -0.15) is 0 Å². The van der Waals surface area contributed by atoms with Crippen LogP contribution < -0.4 is 5.73 Å². The summed E-state index contributed by atoms with van der Waals surface area (Å²) >= 11 is 0. The first-order valence-corrected chi connectivity index (χ1v) is 7.27. The molecule has 0 fully saturated rings. The van der Waals surface area contributed by atoms with E-state index in [2.05, 4.69) is 53.0 Å². The average molecular weight is 261 g/mol. The van der Waals surface area contributed by atoms with Gasteiger partial charge in [-0.3, -0.25) is 0 Å². The van der Waals surface area contributed by atoms with Gasteiger partial charge in [-0.05, 0) is 43.6 Å². The van der Waals surface area contributed by atoms with Crippen LogP contribution in [0.1, 0.15) is 47.0 Å². The topological polar surface area (TPSA) is 26.0 Å². The van der Waals surface area contributed by atoms with Crippen LogP contribution in [0.2, 0.25) is 0 Å². The standard InChI is InChI=1S/C18H31N/c1-7-18(16(6)12-15(4)5)11-10-17(13-19)9-8-14(2)3/h7,10-11,15-16H,1-2,8-9,12-13,19H2,3-6H3/b17-10-,18-11+. The zero-order valence-electron chi connectivity index (χ0n) is 13.2. The second-order valence-electron chi connectivity index (χ2n) is 5.89. The number of hydrogen-bond acceptors (Lipinski definition) is 1. The van der Waals surface area contributed by atoms with E-state index in [4.69, 9.17) is 5.73 Å². The fraction of sp³-hybridized carbons (Fsp3) is 0.556. The number of hydrogen-bond donors (Lipinski definition) is 1. The van der Waals surface area contributed by atoms with Gasteiger partial charge in [-0.1, -0.05) is 56.7 Å². The van der Waals surface area contributed by atoms with Crippen molar-refractivity contribution in [2.45, 2.75) is 47.0 Å².